The predicted molar refractivity (Wildman–Crippen MR) is 107 cm³/mol. The van der Waals surface area contributed by atoms with Crippen molar-refractivity contribution in [3.63, 3.8) is 0 Å². The summed E-state index contributed by atoms with van der Waals surface area (Å²) in [6, 6.07) is 6.27. The van der Waals surface area contributed by atoms with Crippen LogP contribution in [0.3, 0.4) is 0 Å². The number of likely N-dealkylation sites (tertiary alicyclic amines) is 1. The van der Waals surface area contributed by atoms with E-state index >= 15 is 0 Å². The molecule has 1 aromatic heterocycles. The lowest BCUT2D eigenvalue weighted by Crippen LogP contribution is -2.46. The molecule has 0 atom stereocenters. The van der Waals surface area contributed by atoms with E-state index in [2.05, 4.69) is 33.9 Å². The molecule has 2 aliphatic rings. The van der Waals surface area contributed by atoms with Gasteiger partial charge in [0.2, 0.25) is 0 Å². The highest BCUT2D eigenvalue weighted by atomic mass is 16.5. The third kappa shape index (κ3) is 3.59. The molecule has 0 aliphatic carbocycles. The Labute approximate surface area is 166 Å². The number of rotatable bonds is 5. The monoisotopic (exact) mass is 383 g/mol. The smallest absolute Gasteiger partial charge is 0.161 e. The Kier molecular flexibility index (Phi) is 5.51. The van der Waals surface area contributed by atoms with Crippen LogP contribution in [0.15, 0.2) is 24.4 Å². The van der Waals surface area contributed by atoms with Gasteiger partial charge in [0.05, 0.1) is 32.1 Å². The fourth-order valence-corrected chi connectivity index (χ4v) is 4.40. The Morgan fingerprint density at radius 2 is 1.89 bits per heavy atom. The van der Waals surface area contributed by atoms with Crippen LogP contribution in [0.5, 0.6) is 11.5 Å². The molecule has 1 aromatic carbocycles. The molecule has 2 aliphatic heterocycles. The average Bonchev–Trinajstić information content (AvgIpc) is 2.75. The minimum absolute atomic E-state index is 0.218. The summed E-state index contributed by atoms with van der Waals surface area (Å²) in [5, 5.41) is 0. The third-order valence-corrected chi connectivity index (χ3v) is 5.98. The number of ether oxygens (including phenoxy) is 3. The second-order valence-corrected chi connectivity index (χ2v) is 7.55. The second kappa shape index (κ2) is 8.05. The number of piperidine rings is 1. The standard InChI is InChI=1S/C22H29N3O3/c1-4-21-23-9-5-17(24-21)15-25-10-7-22(8-11-25)18-14-20(27-3)19(26-2)13-16(18)6-12-28-22/h5,9,13-14H,4,6-8,10-12,15H2,1-3H3. The zero-order valence-corrected chi connectivity index (χ0v) is 17.0. The first-order valence-corrected chi connectivity index (χ1v) is 10.1. The Hall–Kier alpha value is -2.18. The number of aromatic nitrogens is 2. The molecule has 6 nitrogen and oxygen atoms in total. The van der Waals surface area contributed by atoms with Crippen molar-refractivity contribution in [3.8, 4) is 11.5 Å². The van der Waals surface area contributed by atoms with Crippen molar-refractivity contribution in [2.24, 2.45) is 0 Å². The van der Waals surface area contributed by atoms with E-state index in [1.54, 1.807) is 14.2 Å². The Morgan fingerprint density at radius 3 is 2.61 bits per heavy atom. The van der Waals surface area contributed by atoms with Crippen LogP contribution in [-0.2, 0) is 29.7 Å². The van der Waals surface area contributed by atoms with Crippen LogP contribution in [-0.4, -0.2) is 48.8 Å². The molecule has 1 saturated heterocycles. The molecule has 0 amide bonds. The number of methoxy groups -OCH3 is 2. The van der Waals surface area contributed by atoms with E-state index in [4.69, 9.17) is 14.2 Å². The molecule has 0 unspecified atom stereocenters. The molecule has 0 saturated carbocycles. The van der Waals surface area contributed by atoms with Gasteiger partial charge in [-0.05, 0) is 48.6 Å². The lowest BCUT2D eigenvalue weighted by molar-refractivity contribution is -0.0991. The third-order valence-electron chi connectivity index (χ3n) is 5.98. The Morgan fingerprint density at radius 1 is 1.14 bits per heavy atom. The van der Waals surface area contributed by atoms with E-state index in [1.807, 2.05) is 12.3 Å². The maximum atomic E-state index is 6.39. The highest BCUT2D eigenvalue weighted by Crippen LogP contribution is 2.45. The zero-order valence-electron chi connectivity index (χ0n) is 17.0. The van der Waals surface area contributed by atoms with Crippen molar-refractivity contribution in [2.75, 3.05) is 33.9 Å². The molecular weight excluding hydrogens is 354 g/mol. The SMILES string of the molecule is CCc1nccc(CN2CCC3(CC2)OCCc2cc(OC)c(OC)cc23)n1. The van der Waals surface area contributed by atoms with Crippen molar-refractivity contribution in [3.05, 3.63) is 47.0 Å². The van der Waals surface area contributed by atoms with E-state index in [-0.39, 0.29) is 5.60 Å². The number of benzene rings is 1. The van der Waals surface area contributed by atoms with Crippen LogP contribution >= 0.6 is 0 Å². The van der Waals surface area contributed by atoms with E-state index in [9.17, 15) is 0 Å². The number of hydrogen-bond donors (Lipinski definition) is 0. The minimum atomic E-state index is -0.218. The van der Waals surface area contributed by atoms with Gasteiger partial charge in [0, 0.05) is 32.3 Å². The number of aryl methyl sites for hydroxylation is 1. The Bertz CT molecular complexity index is 832. The first kappa shape index (κ1) is 19.2. The fourth-order valence-electron chi connectivity index (χ4n) is 4.40. The van der Waals surface area contributed by atoms with Gasteiger partial charge >= 0.3 is 0 Å². The second-order valence-electron chi connectivity index (χ2n) is 7.55. The fraction of sp³-hybridized carbons (Fsp3) is 0.545. The zero-order chi connectivity index (χ0) is 19.6. The molecule has 150 valence electrons. The molecule has 28 heavy (non-hydrogen) atoms. The van der Waals surface area contributed by atoms with Gasteiger partial charge in [-0.2, -0.15) is 0 Å². The maximum absolute atomic E-state index is 6.39. The van der Waals surface area contributed by atoms with Crippen LogP contribution in [0.1, 0.15) is 42.4 Å². The molecule has 6 heteroatoms. The molecule has 4 rings (SSSR count). The van der Waals surface area contributed by atoms with Gasteiger partial charge in [0.25, 0.3) is 0 Å². The van der Waals surface area contributed by atoms with Crippen LogP contribution in [0, 0.1) is 0 Å². The quantitative estimate of drug-likeness (QED) is 0.791. The molecule has 0 N–H and O–H groups in total. The van der Waals surface area contributed by atoms with Gasteiger partial charge < -0.3 is 14.2 Å². The molecule has 0 bridgehead atoms. The average molecular weight is 383 g/mol. The van der Waals surface area contributed by atoms with E-state index in [1.165, 1.54) is 11.1 Å². The van der Waals surface area contributed by atoms with Gasteiger partial charge in [0.1, 0.15) is 5.82 Å². The number of hydrogen-bond acceptors (Lipinski definition) is 6. The molecule has 2 aromatic rings. The normalized spacial score (nSPS) is 18.7. The van der Waals surface area contributed by atoms with Crippen LogP contribution in [0.2, 0.25) is 0 Å². The van der Waals surface area contributed by atoms with Gasteiger partial charge in [-0.3, -0.25) is 4.90 Å². The first-order valence-electron chi connectivity index (χ1n) is 10.1. The highest BCUT2D eigenvalue weighted by molar-refractivity contribution is 5.50. The summed E-state index contributed by atoms with van der Waals surface area (Å²) in [6.07, 6.45) is 5.60. The first-order chi connectivity index (χ1) is 13.7. The van der Waals surface area contributed by atoms with Gasteiger partial charge in [-0.15, -0.1) is 0 Å². The summed E-state index contributed by atoms with van der Waals surface area (Å²) >= 11 is 0. The summed E-state index contributed by atoms with van der Waals surface area (Å²) in [5.74, 6) is 2.49. The Balaban J connectivity index is 1.51. The molecule has 1 fully saturated rings. The largest absolute Gasteiger partial charge is 0.493 e. The molecule has 1 spiro atoms. The van der Waals surface area contributed by atoms with Gasteiger partial charge in [-0.1, -0.05) is 6.92 Å². The summed E-state index contributed by atoms with van der Waals surface area (Å²) in [4.78, 5) is 11.4. The summed E-state index contributed by atoms with van der Waals surface area (Å²) in [5.41, 5.74) is 3.47. The number of fused-ring (bicyclic) bond motifs is 2. The minimum Gasteiger partial charge on any atom is -0.493 e. The van der Waals surface area contributed by atoms with Crippen molar-refractivity contribution >= 4 is 0 Å². The van der Waals surface area contributed by atoms with Crippen molar-refractivity contribution in [1.29, 1.82) is 0 Å². The summed E-state index contributed by atoms with van der Waals surface area (Å²) in [6.45, 7) is 5.68. The number of nitrogens with zero attached hydrogens (tertiary/aromatic N) is 3. The van der Waals surface area contributed by atoms with Gasteiger partial charge in [-0.25, -0.2) is 9.97 Å². The van der Waals surface area contributed by atoms with Crippen molar-refractivity contribution in [1.82, 2.24) is 14.9 Å². The molecule has 0 radical (unpaired) electrons. The lowest BCUT2D eigenvalue weighted by atomic mass is 9.79. The summed E-state index contributed by atoms with van der Waals surface area (Å²) in [7, 11) is 3.38. The summed E-state index contributed by atoms with van der Waals surface area (Å²) < 4.78 is 17.4. The van der Waals surface area contributed by atoms with E-state index in [0.29, 0.717) is 0 Å². The van der Waals surface area contributed by atoms with Crippen LogP contribution in [0.4, 0.5) is 0 Å². The van der Waals surface area contributed by atoms with Crippen molar-refractivity contribution < 1.29 is 14.2 Å². The maximum Gasteiger partial charge on any atom is 0.161 e. The highest BCUT2D eigenvalue weighted by Gasteiger charge is 2.41. The molecule has 3 heterocycles. The topological polar surface area (TPSA) is 56.7 Å². The van der Waals surface area contributed by atoms with Crippen LogP contribution < -0.4 is 9.47 Å². The lowest BCUT2D eigenvalue weighted by Gasteiger charge is -2.45. The van der Waals surface area contributed by atoms with E-state index in [0.717, 1.165) is 74.9 Å². The van der Waals surface area contributed by atoms with Crippen molar-refractivity contribution in [2.45, 2.75) is 44.8 Å². The van der Waals surface area contributed by atoms with Gasteiger partial charge in [0.15, 0.2) is 11.5 Å². The molecular formula is C22H29N3O3. The predicted octanol–water partition coefficient (Wildman–Crippen LogP) is 3.12. The van der Waals surface area contributed by atoms with Crippen LogP contribution in [0.25, 0.3) is 0 Å². The van der Waals surface area contributed by atoms with E-state index < -0.39 is 0 Å².